The molecule has 0 saturated heterocycles. The summed E-state index contributed by atoms with van der Waals surface area (Å²) in [6.45, 7) is 1.48. The van der Waals surface area contributed by atoms with Crippen LogP contribution in [-0.2, 0) is 9.84 Å². The molecule has 0 aliphatic carbocycles. The zero-order valence-corrected chi connectivity index (χ0v) is 11.7. The summed E-state index contributed by atoms with van der Waals surface area (Å²) >= 11 is 0. The number of nitro groups is 1. The minimum atomic E-state index is -3.70. The van der Waals surface area contributed by atoms with Crippen LogP contribution in [0.5, 0.6) is 0 Å². The van der Waals surface area contributed by atoms with Gasteiger partial charge in [-0.05, 0) is 19.1 Å². The molecule has 0 spiro atoms. The zero-order valence-electron chi connectivity index (χ0n) is 10.9. The molecule has 0 heterocycles. The summed E-state index contributed by atoms with van der Waals surface area (Å²) in [6.07, 6.45) is 0.925. The lowest BCUT2D eigenvalue weighted by molar-refractivity contribution is -0.387. The number of sulfone groups is 1. The summed E-state index contributed by atoms with van der Waals surface area (Å²) in [5.74, 6) is 0. The molecule has 1 rings (SSSR count). The van der Waals surface area contributed by atoms with Crippen LogP contribution in [0.2, 0.25) is 0 Å². The fourth-order valence-electron chi connectivity index (χ4n) is 1.64. The first-order valence-electron chi connectivity index (χ1n) is 5.51. The van der Waals surface area contributed by atoms with Gasteiger partial charge in [0.05, 0.1) is 11.5 Å². The normalized spacial score (nSPS) is 13.1. The Morgan fingerprint density at radius 3 is 2.47 bits per heavy atom. The molecular formula is C11H16N2O5S. The summed E-state index contributed by atoms with van der Waals surface area (Å²) in [6, 6.07) is 3.74. The van der Waals surface area contributed by atoms with Crippen LogP contribution >= 0.6 is 0 Å². The van der Waals surface area contributed by atoms with Crippen molar-refractivity contribution in [2.24, 2.45) is 0 Å². The maximum Gasteiger partial charge on any atom is 0.311 e. The number of para-hydroxylation sites is 1. The number of hydrogen-bond donors (Lipinski definition) is 1. The lowest BCUT2D eigenvalue weighted by Crippen LogP contribution is -2.32. The highest BCUT2D eigenvalue weighted by Crippen LogP contribution is 2.34. The standard InChI is InChI=1S/C11H16N2O5S/c1-8(7-14)12(2)9-5-4-6-10(19(3,17)18)11(9)13(15)16/h4-6,8,14H,7H2,1-3H3. The first kappa shape index (κ1) is 15.4. The Labute approximate surface area is 111 Å². The molecule has 0 bridgehead atoms. The second-order valence-electron chi connectivity index (χ2n) is 4.30. The van der Waals surface area contributed by atoms with Gasteiger partial charge in [-0.25, -0.2) is 8.42 Å². The molecule has 1 N–H and O–H groups in total. The smallest absolute Gasteiger partial charge is 0.311 e. The number of hydrogen-bond acceptors (Lipinski definition) is 6. The van der Waals surface area contributed by atoms with Crippen molar-refractivity contribution in [2.75, 3.05) is 24.8 Å². The minimum Gasteiger partial charge on any atom is -0.394 e. The number of likely N-dealkylation sites (N-methyl/N-ethyl adjacent to an activating group) is 1. The largest absolute Gasteiger partial charge is 0.394 e. The first-order valence-corrected chi connectivity index (χ1v) is 7.40. The van der Waals surface area contributed by atoms with E-state index < -0.39 is 20.4 Å². The van der Waals surface area contributed by atoms with Crippen molar-refractivity contribution in [2.45, 2.75) is 17.9 Å². The van der Waals surface area contributed by atoms with Crippen molar-refractivity contribution < 1.29 is 18.4 Å². The van der Waals surface area contributed by atoms with Gasteiger partial charge < -0.3 is 10.0 Å². The summed E-state index contributed by atoms with van der Waals surface area (Å²) in [7, 11) is -2.13. The minimum absolute atomic E-state index is 0.162. The van der Waals surface area contributed by atoms with Crippen LogP contribution in [0, 0.1) is 10.1 Å². The highest BCUT2D eigenvalue weighted by atomic mass is 32.2. The SMILES string of the molecule is CC(CO)N(C)c1cccc(S(C)(=O)=O)c1[N+](=O)[O-]. The molecule has 8 heteroatoms. The molecule has 1 unspecified atom stereocenters. The van der Waals surface area contributed by atoms with Gasteiger partial charge in [0, 0.05) is 19.3 Å². The van der Waals surface area contributed by atoms with Gasteiger partial charge in [-0.3, -0.25) is 10.1 Å². The Kier molecular flexibility index (Phi) is 4.48. The zero-order chi connectivity index (χ0) is 14.8. The van der Waals surface area contributed by atoms with Gasteiger partial charge in [0.1, 0.15) is 10.6 Å². The lowest BCUT2D eigenvalue weighted by Gasteiger charge is -2.25. The van der Waals surface area contributed by atoms with E-state index in [0.29, 0.717) is 0 Å². The average Bonchev–Trinajstić information content (AvgIpc) is 2.34. The molecule has 0 amide bonds. The molecule has 0 aliphatic heterocycles. The van der Waals surface area contributed by atoms with E-state index in [1.165, 1.54) is 23.1 Å². The van der Waals surface area contributed by atoms with Crippen LogP contribution < -0.4 is 4.90 Å². The molecule has 0 saturated carbocycles. The number of anilines is 1. The molecule has 1 aromatic rings. The van der Waals surface area contributed by atoms with E-state index in [9.17, 15) is 18.5 Å². The number of aliphatic hydroxyl groups is 1. The van der Waals surface area contributed by atoms with E-state index in [-0.39, 0.29) is 23.2 Å². The fourth-order valence-corrected chi connectivity index (χ4v) is 2.49. The number of nitrogens with zero attached hydrogens (tertiary/aromatic N) is 2. The van der Waals surface area contributed by atoms with E-state index in [2.05, 4.69) is 0 Å². The van der Waals surface area contributed by atoms with Crippen LogP contribution in [0.15, 0.2) is 23.1 Å². The van der Waals surface area contributed by atoms with Crippen molar-refractivity contribution in [3.8, 4) is 0 Å². The van der Waals surface area contributed by atoms with Crippen molar-refractivity contribution in [3.63, 3.8) is 0 Å². The van der Waals surface area contributed by atoms with Crippen LogP contribution in [0.1, 0.15) is 6.92 Å². The summed E-state index contributed by atoms with van der Waals surface area (Å²) < 4.78 is 23.2. The Morgan fingerprint density at radius 1 is 1.47 bits per heavy atom. The summed E-state index contributed by atoms with van der Waals surface area (Å²) in [5.41, 5.74) is -0.303. The molecule has 7 nitrogen and oxygen atoms in total. The fraction of sp³-hybridized carbons (Fsp3) is 0.455. The molecule has 0 aromatic heterocycles. The molecule has 0 radical (unpaired) electrons. The van der Waals surface area contributed by atoms with Crippen LogP contribution in [0.3, 0.4) is 0 Å². The third-order valence-electron chi connectivity index (χ3n) is 2.87. The monoisotopic (exact) mass is 288 g/mol. The molecule has 0 fully saturated rings. The first-order chi connectivity index (χ1) is 8.70. The van der Waals surface area contributed by atoms with E-state index in [1.54, 1.807) is 14.0 Å². The molecule has 106 valence electrons. The van der Waals surface area contributed by atoms with Gasteiger partial charge in [-0.15, -0.1) is 0 Å². The van der Waals surface area contributed by atoms with Crippen LogP contribution in [0.4, 0.5) is 11.4 Å². The van der Waals surface area contributed by atoms with Crippen LogP contribution in [-0.4, -0.2) is 44.4 Å². The highest BCUT2D eigenvalue weighted by Gasteiger charge is 2.28. The van der Waals surface area contributed by atoms with Gasteiger partial charge in [0.2, 0.25) is 0 Å². The Balaban J connectivity index is 3.54. The molecule has 1 aromatic carbocycles. The summed E-state index contributed by atoms with van der Waals surface area (Å²) in [5, 5.41) is 20.3. The van der Waals surface area contributed by atoms with Crippen LogP contribution in [0.25, 0.3) is 0 Å². The Hall–Kier alpha value is -1.67. The van der Waals surface area contributed by atoms with Crippen molar-refractivity contribution >= 4 is 21.2 Å². The number of aliphatic hydroxyl groups excluding tert-OH is 1. The number of nitro benzene ring substituents is 1. The third-order valence-corrected chi connectivity index (χ3v) is 3.99. The second-order valence-corrected chi connectivity index (χ2v) is 6.28. The Bertz CT molecular complexity index is 585. The van der Waals surface area contributed by atoms with E-state index in [4.69, 9.17) is 5.11 Å². The second kappa shape index (κ2) is 5.54. The average molecular weight is 288 g/mol. The lowest BCUT2D eigenvalue weighted by atomic mass is 10.2. The van der Waals surface area contributed by atoms with Gasteiger partial charge in [-0.2, -0.15) is 0 Å². The number of rotatable bonds is 5. The van der Waals surface area contributed by atoms with E-state index >= 15 is 0 Å². The van der Waals surface area contributed by atoms with Crippen molar-refractivity contribution in [1.29, 1.82) is 0 Å². The van der Waals surface area contributed by atoms with Gasteiger partial charge in [0.25, 0.3) is 0 Å². The molecule has 1 atom stereocenters. The van der Waals surface area contributed by atoms with Gasteiger partial charge in [0.15, 0.2) is 9.84 Å². The van der Waals surface area contributed by atoms with Gasteiger partial charge >= 0.3 is 5.69 Å². The van der Waals surface area contributed by atoms with Crippen molar-refractivity contribution in [3.05, 3.63) is 28.3 Å². The molecule has 19 heavy (non-hydrogen) atoms. The third kappa shape index (κ3) is 3.21. The quantitative estimate of drug-likeness (QED) is 0.635. The molecular weight excluding hydrogens is 272 g/mol. The predicted octanol–water partition coefficient (Wildman–Crippen LogP) is 0.815. The molecule has 0 aliphatic rings. The topological polar surface area (TPSA) is 101 Å². The van der Waals surface area contributed by atoms with Crippen molar-refractivity contribution in [1.82, 2.24) is 0 Å². The maximum atomic E-state index is 11.6. The van der Waals surface area contributed by atoms with Gasteiger partial charge in [-0.1, -0.05) is 6.07 Å². The van der Waals surface area contributed by atoms with E-state index in [0.717, 1.165) is 6.26 Å². The predicted molar refractivity (Wildman–Crippen MR) is 71.2 cm³/mol. The summed E-state index contributed by atoms with van der Waals surface area (Å²) in [4.78, 5) is 11.6. The van der Waals surface area contributed by atoms with E-state index in [1.807, 2.05) is 0 Å². The highest BCUT2D eigenvalue weighted by molar-refractivity contribution is 7.90. The Morgan fingerprint density at radius 2 is 2.05 bits per heavy atom. The number of benzene rings is 1. The maximum absolute atomic E-state index is 11.6.